The average Bonchev–Trinajstić information content (AvgIpc) is 3.33. The summed E-state index contributed by atoms with van der Waals surface area (Å²) in [4.78, 5) is 24.6. The van der Waals surface area contributed by atoms with Crippen molar-refractivity contribution in [1.29, 1.82) is 5.41 Å². The summed E-state index contributed by atoms with van der Waals surface area (Å²) in [6.45, 7) is 3.57. The number of nitrogens with zero attached hydrogens (tertiary/aromatic N) is 2. The predicted molar refractivity (Wildman–Crippen MR) is 109 cm³/mol. The van der Waals surface area contributed by atoms with Gasteiger partial charge in [0.2, 0.25) is 0 Å². The van der Waals surface area contributed by atoms with Crippen LogP contribution < -0.4 is 16.0 Å². The van der Waals surface area contributed by atoms with Crippen LogP contribution in [0, 0.1) is 11.2 Å². The Morgan fingerprint density at radius 1 is 1.34 bits per heavy atom. The smallest absolute Gasteiger partial charge is 0.255 e. The zero-order valence-corrected chi connectivity index (χ0v) is 16.2. The molecule has 1 fully saturated rings. The molecule has 5 N–H and O–H groups in total. The molecule has 0 bridgehead atoms. The topological polar surface area (TPSA) is 119 Å². The van der Waals surface area contributed by atoms with Crippen molar-refractivity contribution in [1.82, 2.24) is 25.6 Å². The number of anilines is 1. The van der Waals surface area contributed by atoms with E-state index in [1.54, 1.807) is 13.2 Å². The standard InChI is InChI=1S/C20H22FN7O/c1-20(5-6-24-10-20)28-19(29)13-8-25-18-17(13)27-15(9-26-18)16(22)12-4-3-11(21)7-14(12)23-2/h3-4,7-9,22-24H,5-6,10H2,1-2H3,(H,25,26)(H,28,29). The van der Waals surface area contributed by atoms with E-state index in [1.807, 2.05) is 6.92 Å². The Morgan fingerprint density at radius 2 is 2.17 bits per heavy atom. The van der Waals surface area contributed by atoms with Crippen molar-refractivity contribution < 1.29 is 9.18 Å². The van der Waals surface area contributed by atoms with Crippen molar-refractivity contribution in [2.45, 2.75) is 18.9 Å². The zero-order valence-electron chi connectivity index (χ0n) is 16.2. The Balaban J connectivity index is 1.68. The van der Waals surface area contributed by atoms with Crippen LogP contribution in [-0.4, -0.2) is 52.2 Å². The van der Waals surface area contributed by atoms with E-state index in [9.17, 15) is 9.18 Å². The second-order valence-corrected chi connectivity index (χ2v) is 7.41. The van der Waals surface area contributed by atoms with Crippen molar-refractivity contribution in [3.63, 3.8) is 0 Å². The molecule has 2 aromatic heterocycles. The van der Waals surface area contributed by atoms with Gasteiger partial charge in [0.25, 0.3) is 5.91 Å². The van der Waals surface area contributed by atoms with Crippen LogP contribution in [0.4, 0.5) is 10.1 Å². The maximum Gasteiger partial charge on any atom is 0.255 e. The van der Waals surface area contributed by atoms with Crippen LogP contribution >= 0.6 is 0 Å². The van der Waals surface area contributed by atoms with Gasteiger partial charge in [-0.3, -0.25) is 10.2 Å². The monoisotopic (exact) mass is 395 g/mol. The molecule has 150 valence electrons. The fourth-order valence-electron chi connectivity index (χ4n) is 3.53. The lowest BCUT2D eigenvalue weighted by atomic mass is 10.0. The van der Waals surface area contributed by atoms with Gasteiger partial charge in [-0.2, -0.15) is 0 Å². The summed E-state index contributed by atoms with van der Waals surface area (Å²) < 4.78 is 13.5. The van der Waals surface area contributed by atoms with Crippen LogP contribution in [0.5, 0.6) is 0 Å². The first-order valence-corrected chi connectivity index (χ1v) is 9.34. The number of hydrogen-bond donors (Lipinski definition) is 5. The van der Waals surface area contributed by atoms with Gasteiger partial charge >= 0.3 is 0 Å². The number of halogens is 1. The maximum absolute atomic E-state index is 13.5. The van der Waals surface area contributed by atoms with Crippen LogP contribution in [0.2, 0.25) is 0 Å². The molecule has 4 rings (SSSR count). The van der Waals surface area contributed by atoms with Gasteiger partial charge in [0, 0.05) is 31.0 Å². The molecule has 0 spiro atoms. The minimum absolute atomic E-state index is 0.0864. The number of carbonyl (C=O) groups is 1. The number of carbonyl (C=O) groups excluding carboxylic acids is 1. The summed E-state index contributed by atoms with van der Waals surface area (Å²) in [6.07, 6.45) is 3.89. The molecule has 1 aromatic carbocycles. The van der Waals surface area contributed by atoms with E-state index in [2.05, 4.69) is 30.9 Å². The largest absolute Gasteiger partial charge is 0.387 e. The SMILES string of the molecule is CNc1cc(F)ccc1C(=N)c1cnc2[nH]cc(C(=O)NC3(C)CCNC3)c2n1. The van der Waals surface area contributed by atoms with Gasteiger partial charge in [-0.05, 0) is 38.1 Å². The van der Waals surface area contributed by atoms with Crippen molar-refractivity contribution in [2.24, 2.45) is 0 Å². The number of H-pyrrole nitrogens is 1. The van der Waals surface area contributed by atoms with Gasteiger partial charge in [0.15, 0.2) is 5.65 Å². The maximum atomic E-state index is 13.5. The van der Waals surface area contributed by atoms with Crippen molar-refractivity contribution in [3.8, 4) is 0 Å². The minimum atomic E-state index is -0.396. The van der Waals surface area contributed by atoms with Crippen LogP contribution in [-0.2, 0) is 0 Å². The summed E-state index contributed by atoms with van der Waals surface area (Å²) in [7, 11) is 1.66. The normalized spacial score (nSPS) is 18.7. The summed E-state index contributed by atoms with van der Waals surface area (Å²) in [5, 5.41) is 17.7. The molecule has 1 aliphatic rings. The molecule has 0 saturated carbocycles. The van der Waals surface area contributed by atoms with Gasteiger partial charge < -0.3 is 20.9 Å². The summed E-state index contributed by atoms with van der Waals surface area (Å²) in [5.41, 5.74) is 2.28. The zero-order chi connectivity index (χ0) is 20.6. The lowest BCUT2D eigenvalue weighted by Crippen LogP contribution is -2.47. The van der Waals surface area contributed by atoms with E-state index >= 15 is 0 Å². The highest BCUT2D eigenvalue weighted by Crippen LogP contribution is 2.22. The highest BCUT2D eigenvalue weighted by Gasteiger charge is 2.31. The van der Waals surface area contributed by atoms with Gasteiger partial charge in [-0.1, -0.05) is 0 Å². The molecule has 1 atom stereocenters. The Hall–Kier alpha value is -3.33. The Bertz CT molecular complexity index is 1100. The number of hydrogen-bond acceptors (Lipinski definition) is 6. The predicted octanol–water partition coefficient (Wildman–Crippen LogP) is 2.04. The Labute approximate surface area is 166 Å². The number of benzene rings is 1. The Kier molecular flexibility index (Phi) is 4.75. The molecule has 9 heteroatoms. The van der Waals surface area contributed by atoms with E-state index < -0.39 is 5.82 Å². The fourth-order valence-corrected chi connectivity index (χ4v) is 3.53. The highest BCUT2D eigenvalue weighted by molar-refractivity contribution is 6.14. The summed E-state index contributed by atoms with van der Waals surface area (Å²) in [6, 6.07) is 4.14. The summed E-state index contributed by atoms with van der Waals surface area (Å²) in [5.74, 6) is -0.634. The lowest BCUT2D eigenvalue weighted by Gasteiger charge is -2.24. The second kappa shape index (κ2) is 7.25. The fraction of sp³-hybridized carbons (Fsp3) is 0.300. The number of aromatic amines is 1. The third kappa shape index (κ3) is 3.56. The van der Waals surface area contributed by atoms with Crippen LogP contribution in [0.3, 0.4) is 0 Å². The molecule has 0 radical (unpaired) electrons. The van der Waals surface area contributed by atoms with E-state index in [1.165, 1.54) is 24.4 Å². The van der Waals surface area contributed by atoms with E-state index in [0.717, 1.165) is 13.0 Å². The molecule has 29 heavy (non-hydrogen) atoms. The number of nitrogens with one attached hydrogen (secondary N) is 5. The van der Waals surface area contributed by atoms with Crippen molar-refractivity contribution in [2.75, 3.05) is 25.5 Å². The second-order valence-electron chi connectivity index (χ2n) is 7.41. The molecular weight excluding hydrogens is 373 g/mol. The molecule has 1 unspecified atom stereocenters. The van der Waals surface area contributed by atoms with Crippen LogP contribution in [0.15, 0.2) is 30.6 Å². The lowest BCUT2D eigenvalue weighted by molar-refractivity contribution is 0.0914. The highest BCUT2D eigenvalue weighted by atomic mass is 19.1. The van der Waals surface area contributed by atoms with E-state index in [-0.39, 0.29) is 17.2 Å². The molecular formula is C20H22FN7O. The molecule has 3 heterocycles. The molecule has 0 aliphatic carbocycles. The van der Waals surface area contributed by atoms with Gasteiger partial charge in [0.1, 0.15) is 17.0 Å². The molecule has 1 aliphatic heterocycles. The molecule has 3 aromatic rings. The molecule has 1 amide bonds. The first-order valence-electron chi connectivity index (χ1n) is 9.34. The number of rotatable bonds is 5. The van der Waals surface area contributed by atoms with Gasteiger partial charge in [-0.25, -0.2) is 14.4 Å². The van der Waals surface area contributed by atoms with Crippen LogP contribution in [0.1, 0.15) is 35.0 Å². The number of amides is 1. The third-order valence-electron chi connectivity index (χ3n) is 5.19. The average molecular weight is 395 g/mol. The number of fused-ring (bicyclic) bond motifs is 1. The molecule has 8 nitrogen and oxygen atoms in total. The quantitative estimate of drug-likeness (QED) is 0.424. The van der Waals surface area contributed by atoms with Gasteiger partial charge in [-0.15, -0.1) is 0 Å². The van der Waals surface area contributed by atoms with E-state index in [4.69, 9.17) is 5.41 Å². The summed E-state index contributed by atoms with van der Waals surface area (Å²) >= 11 is 0. The van der Waals surface area contributed by atoms with Gasteiger partial charge in [0.05, 0.1) is 23.0 Å². The Morgan fingerprint density at radius 3 is 2.90 bits per heavy atom. The first-order chi connectivity index (χ1) is 13.9. The van der Waals surface area contributed by atoms with Crippen molar-refractivity contribution in [3.05, 3.63) is 53.2 Å². The van der Waals surface area contributed by atoms with E-state index in [0.29, 0.717) is 40.2 Å². The third-order valence-corrected chi connectivity index (χ3v) is 5.19. The first kappa shape index (κ1) is 19.0. The van der Waals surface area contributed by atoms with Crippen molar-refractivity contribution >= 4 is 28.5 Å². The molecule has 1 saturated heterocycles. The van der Waals surface area contributed by atoms with Crippen LogP contribution in [0.25, 0.3) is 11.2 Å². The number of aromatic nitrogens is 3. The minimum Gasteiger partial charge on any atom is -0.387 e.